The molecule has 10 heteroatoms. The summed E-state index contributed by atoms with van der Waals surface area (Å²) in [5, 5.41) is 6.15. The van der Waals surface area contributed by atoms with Crippen molar-refractivity contribution >= 4 is 40.6 Å². The van der Waals surface area contributed by atoms with E-state index in [-0.39, 0.29) is 34.2 Å². The maximum Gasteiger partial charge on any atom is 0.273 e. The largest absolute Gasteiger partial charge is 0.395 e. The Bertz CT molecular complexity index is 1440. The lowest BCUT2D eigenvalue weighted by molar-refractivity contribution is -0.123. The number of aryl methyl sites for hydroxylation is 2. The Morgan fingerprint density at radius 3 is 2.21 bits per heavy atom. The van der Waals surface area contributed by atoms with E-state index in [0.717, 1.165) is 80.4 Å². The lowest BCUT2D eigenvalue weighted by Gasteiger charge is -2.33. The van der Waals surface area contributed by atoms with Gasteiger partial charge in [-0.25, -0.2) is 4.39 Å². The number of hydrogen-bond acceptors (Lipinski definition) is 6. The van der Waals surface area contributed by atoms with E-state index in [2.05, 4.69) is 15.0 Å². The summed E-state index contributed by atoms with van der Waals surface area (Å²) in [4.78, 5) is 43.2. The highest BCUT2D eigenvalue weighted by Crippen LogP contribution is 2.36. The molecule has 2 aromatic carbocycles. The van der Waals surface area contributed by atoms with Gasteiger partial charge in [-0.05, 0) is 86.0 Å². The molecule has 4 N–H and O–H groups in total. The fourth-order valence-electron chi connectivity index (χ4n) is 5.98. The molecular weight excluding hydrogens is 553 g/mol. The highest BCUT2D eigenvalue weighted by molar-refractivity contribution is 7.09. The van der Waals surface area contributed by atoms with Crippen molar-refractivity contribution in [3.05, 3.63) is 75.5 Å². The molecule has 8 nitrogen and oxygen atoms in total. The molecule has 3 aromatic rings. The number of carbonyl (C=O) groups is 3. The molecule has 5 rings (SSSR count). The van der Waals surface area contributed by atoms with Gasteiger partial charge in [-0.3, -0.25) is 19.3 Å². The zero-order chi connectivity index (χ0) is 29.8. The fourth-order valence-corrected chi connectivity index (χ4v) is 6.72. The van der Waals surface area contributed by atoms with Crippen LogP contribution in [-0.4, -0.2) is 34.2 Å². The Labute approximate surface area is 250 Å². The van der Waals surface area contributed by atoms with E-state index < -0.39 is 23.7 Å². The first-order valence-corrected chi connectivity index (χ1v) is 15.5. The first kappa shape index (κ1) is 29.7. The number of anilines is 2. The lowest BCUT2D eigenvalue weighted by Crippen LogP contribution is -2.46. The molecule has 0 unspecified atom stereocenters. The summed E-state index contributed by atoms with van der Waals surface area (Å²) in [5.41, 5.74) is 9.11. The molecule has 0 radical (unpaired) electrons. The van der Waals surface area contributed by atoms with Crippen LogP contribution >= 0.6 is 11.5 Å². The van der Waals surface area contributed by atoms with Crippen LogP contribution in [0.25, 0.3) is 0 Å². The molecule has 1 heterocycles. The molecule has 3 amide bonds. The van der Waals surface area contributed by atoms with Crippen LogP contribution in [0.5, 0.6) is 0 Å². The summed E-state index contributed by atoms with van der Waals surface area (Å²) >= 11 is 0.849. The molecule has 2 aliphatic rings. The van der Waals surface area contributed by atoms with Crippen molar-refractivity contribution < 1.29 is 18.8 Å². The van der Waals surface area contributed by atoms with Gasteiger partial charge in [-0.1, -0.05) is 56.4 Å². The second kappa shape index (κ2) is 13.0. The SMILES string of the molecule is Cc1ccc(C)c(N(C(=O)c2snc(C(=O)NC3CCCCC3)c2N)[C@H](C(=O)NC2CCCC2)c2ccc(F)cc2)c1. The Hall–Kier alpha value is -3.79. The number of nitrogens with one attached hydrogen (secondary N) is 2. The summed E-state index contributed by atoms with van der Waals surface area (Å²) in [6.45, 7) is 3.77. The van der Waals surface area contributed by atoms with Crippen molar-refractivity contribution in [2.24, 2.45) is 0 Å². The van der Waals surface area contributed by atoms with Gasteiger partial charge in [0.25, 0.3) is 11.8 Å². The minimum absolute atomic E-state index is 0.000401. The molecule has 2 fully saturated rings. The number of halogens is 1. The summed E-state index contributed by atoms with van der Waals surface area (Å²) in [6, 6.07) is 10.2. The minimum atomic E-state index is -1.11. The smallest absolute Gasteiger partial charge is 0.273 e. The number of rotatable bonds is 8. The number of nitrogen functional groups attached to an aromatic ring is 1. The Morgan fingerprint density at radius 1 is 0.929 bits per heavy atom. The molecule has 2 saturated carbocycles. The molecule has 0 spiro atoms. The van der Waals surface area contributed by atoms with Crippen molar-refractivity contribution in [3.8, 4) is 0 Å². The average molecular weight is 592 g/mol. The number of benzene rings is 2. The second-order valence-corrected chi connectivity index (χ2v) is 12.3. The van der Waals surface area contributed by atoms with Crippen LogP contribution in [0.15, 0.2) is 42.5 Å². The molecule has 42 heavy (non-hydrogen) atoms. The predicted octanol–water partition coefficient (Wildman–Crippen LogP) is 5.99. The summed E-state index contributed by atoms with van der Waals surface area (Å²) in [5.74, 6) is -1.76. The third kappa shape index (κ3) is 6.48. The average Bonchev–Trinajstić information content (AvgIpc) is 3.63. The quantitative estimate of drug-likeness (QED) is 0.298. The van der Waals surface area contributed by atoms with Crippen LogP contribution in [-0.2, 0) is 4.79 Å². The van der Waals surface area contributed by atoms with Crippen LogP contribution in [0.1, 0.15) is 101 Å². The Balaban J connectivity index is 1.56. The van der Waals surface area contributed by atoms with E-state index in [0.29, 0.717) is 11.3 Å². The van der Waals surface area contributed by atoms with Crippen molar-refractivity contribution in [2.75, 3.05) is 10.6 Å². The topological polar surface area (TPSA) is 117 Å². The maximum absolute atomic E-state index is 14.5. The normalized spacial score (nSPS) is 16.6. The van der Waals surface area contributed by atoms with E-state index in [4.69, 9.17) is 5.73 Å². The standard InChI is InChI=1S/C32H38FN5O3S/c1-19-12-13-20(2)25(18-19)38(28(21-14-16-22(33)17-15-21)31(40)36-24-10-6-7-11-24)32(41)29-26(34)27(37-42-29)30(39)35-23-8-4-3-5-9-23/h12-18,23-24,28H,3-11,34H2,1-2H3,(H,35,39)(H,36,40)/t28-/m0/s1. The molecule has 2 aliphatic carbocycles. The number of amides is 3. The molecule has 1 aromatic heterocycles. The molecule has 1 atom stereocenters. The van der Waals surface area contributed by atoms with E-state index in [1.807, 2.05) is 32.0 Å². The van der Waals surface area contributed by atoms with Gasteiger partial charge in [0.1, 0.15) is 16.7 Å². The number of aromatic nitrogens is 1. The molecule has 0 bridgehead atoms. The zero-order valence-electron chi connectivity index (χ0n) is 24.1. The van der Waals surface area contributed by atoms with Crippen LogP contribution in [0.2, 0.25) is 0 Å². The first-order valence-electron chi connectivity index (χ1n) is 14.8. The van der Waals surface area contributed by atoms with E-state index in [1.54, 1.807) is 0 Å². The summed E-state index contributed by atoms with van der Waals surface area (Å²) < 4.78 is 18.3. The first-order chi connectivity index (χ1) is 20.2. The molecule has 0 aliphatic heterocycles. The second-order valence-electron chi connectivity index (χ2n) is 11.5. The van der Waals surface area contributed by atoms with Crippen LogP contribution in [0.3, 0.4) is 0 Å². The summed E-state index contributed by atoms with van der Waals surface area (Å²) in [6.07, 6.45) is 8.83. The monoisotopic (exact) mass is 591 g/mol. The van der Waals surface area contributed by atoms with Crippen LogP contribution in [0.4, 0.5) is 15.8 Å². The van der Waals surface area contributed by atoms with Crippen molar-refractivity contribution in [2.45, 2.75) is 89.8 Å². The number of carbonyl (C=O) groups excluding carboxylic acids is 3. The zero-order valence-corrected chi connectivity index (χ0v) is 24.9. The number of nitrogens with zero attached hydrogens (tertiary/aromatic N) is 2. The Kier molecular flexibility index (Phi) is 9.21. The molecule has 222 valence electrons. The van der Waals surface area contributed by atoms with E-state index >= 15 is 0 Å². The lowest BCUT2D eigenvalue weighted by atomic mass is 9.95. The van der Waals surface area contributed by atoms with Gasteiger partial charge < -0.3 is 16.4 Å². The van der Waals surface area contributed by atoms with Gasteiger partial charge in [0.2, 0.25) is 5.91 Å². The van der Waals surface area contributed by atoms with Gasteiger partial charge >= 0.3 is 0 Å². The third-order valence-electron chi connectivity index (χ3n) is 8.31. The summed E-state index contributed by atoms with van der Waals surface area (Å²) in [7, 11) is 0. The van der Waals surface area contributed by atoms with Crippen LogP contribution < -0.4 is 21.3 Å². The van der Waals surface area contributed by atoms with E-state index in [9.17, 15) is 18.8 Å². The highest BCUT2D eigenvalue weighted by Gasteiger charge is 2.38. The number of hydrogen-bond donors (Lipinski definition) is 3. The van der Waals surface area contributed by atoms with Gasteiger partial charge in [0.05, 0.1) is 5.69 Å². The van der Waals surface area contributed by atoms with Gasteiger partial charge in [0.15, 0.2) is 5.69 Å². The predicted molar refractivity (Wildman–Crippen MR) is 163 cm³/mol. The fraction of sp³-hybridized carbons (Fsp3) is 0.438. The Morgan fingerprint density at radius 2 is 1.55 bits per heavy atom. The van der Waals surface area contributed by atoms with Gasteiger partial charge in [-0.15, -0.1) is 0 Å². The maximum atomic E-state index is 14.5. The van der Waals surface area contributed by atoms with Gasteiger partial charge in [0, 0.05) is 17.8 Å². The minimum Gasteiger partial charge on any atom is -0.395 e. The van der Waals surface area contributed by atoms with Crippen molar-refractivity contribution in [1.82, 2.24) is 15.0 Å². The molecular formula is C32H38FN5O3S. The van der Waals surface area contributed by atoms with Crippen LogP contribution in [0, 0.1) is 19.7 Å². The van der Waals surface area contributed by atoms with Crippen molar-refractivity contribution in [1.29, 1.82) is 0 Å². The van der Waals surface area contributed by atoms with Gasteiger partial charge in [-0.2, -0.15) is 4.37 Å². The highest BCUT2D eigenvalue weighted by atomic mass is 32.1. The van der Waals surface area contributed by atoms with Crippen molar-refractivity contribution in [3.63, 3.8) is 0 Å². The molecule has 0 saturated heterocycles. The number of nitrogens with two attached hydrogens (primary N) is 1. The van der Waals surface area contributed by atoms with E-state index in [1.165, 1.54) is 29.2 Å². The third-order valence-corrected chi connectivity index (χ3v) is 9.17.